The van der Waals surface area contributed by atoms with Gasteiger partial charge in [-0.15, -0.1) is 0 Å². The van der Waals surface area contributed by atoms with Crippen LogP contribution in [0.3, 0.4) is 0 Å². The van der Waals surface area contributed by atoms with Crippen LogP contribution in [-0.4, -0.2) is 99.4 Å². The highest BCUT2D eigenvalue weighted by Gasteiger charge is 2.44. The number of hydrogen-bond donors (Lipinski definition) is 7. The van der Waals surface area contributed by atoms with Crippen LogP contribution in [0.5, 0.6) is 0 Å². The van der Waals surface area contributed by atoms with Crippen molar-refractivity contribution in [3.63, 3.8) is 0 Å². The smallest absolute Gasteiger partial charge is 0.186 e. The first-order valence-electron chi connectivity index (χ1n) is 7.36. The molecule has 2 aliphatic rings. The van der Waals surface area contributed by atoms with Crippen molar-refractivity contribution in [2.45, 2.75) is 67.9 Å². The molecule has 2 aliphatic heterocycles. The second kappa shape index (κ2) is 7.47. The number of hydrogen-bond acceptors (Lipinski definition) is 9. The van der Waals surface area contributed by atoms with Crippen LogP contribution in [0.15, 0.2) is 0 Å². The quantitative estimate of drug-likeness (QED) is 0.277. The first-order valence-corrected chi connectivity index (χ1v) is 7.36. The summed E-state index contributed by atoms with van der Waals surface area (Å²) in [6, 6.07) is -0.473. The first-order chi connectivity index (χ1) is 10.4. The monoisotopic (exact) mass is 323 g/mol. The van der Waals surface area contributed by atoms with E-state index < -0.39 is 55.1 Å². The van der Waals surface area contributed by atoms with Crippen molar-refractivity contribution in [2.75, 3.05) is 13.7 Å². The number of aliphatic hydroxyl groups is 6. The van der Waals surface area contributed by atoms with E-state index in [-0.39, 0.29) is 13.0 Å². The number of piperidine rings is 1. The molecule has 2 rings (SSSR count). The highest BCUT2D eigenvalue weighted by molar-refractivity contribution is 4.94. The Bertz CT molecular complexity index is 357. The minimum absolute atomic E-state index is 0.152. The minimum Gasteiger partial charge on any atom is -0.389 e. The molecular weight excluding hydrogens is 298 g/mol. The van der Waals surface area contributed by atoms with Gasteiger partial charge in [0, 0.05) is 19.7 Å². The maximum atomic E-state index is 9.95. The van der Waals surface area contributed by atoms with Gasteiger partial charge < -0.3 is 45.4 Å². The van der Waals surface area contributed by atoms with Crippen LogP contribution >= 0.6 is 0 Å². The molecule has 2 fully saturated rings. The third-order valence-electron chi connectivity index (χ3n) is 4.41. The predicted octanol–water partition coefficient (Wildman–Crippen LogP) is -3.72. The Morgan fingerprint density at radius 1 is 0.909 bits per heavy atom. The summed E-state index contributed by atoms with van der Waals surface area (Å²) in [6.45, 7) is 0.152. The number of nitrogens with one attached hydrogen (secondary N) is 1. The number of β-amino-alcohol motifs (C(OH)–C–C–N with tert-alkyl or cyclic N) is 1. The van der Waals surface area contributed by atoms with Gasteiger partial charge in [0.25, 0.3) is 0 Å². The Balaban J connectivity index is 1.90. The Kier molecular flexibility index (Phi) is 6.11. The van der Waals surface area contributed by atoms with E-state index in [4.69, 9.17) is 9.47 Å². The molecule has 2 heterocycles. The lowest BCUT2D eigenvalue weighted by Gasteiger charge is -2.41. The summed E-state index contributed by atoms with van der Waals surface area (Å²) >= 11 is 0. The number of aliphatic hydroxyl groups excluding tert-OH is 6. The Labute approximate surface area is 128 Å². The van der Waals surface area contributed by atoms with Gasteiger partial charge in [0.15, 0.2) is 6.29 Å². The molecule has 0 aromatic rings. The first kappa shape index (κ1) is 18.0. The highest BCUT2D eigenvalue weighted by Crippen LogP contribution is 2.26. The van der Waals surface area contributed by atoms with Gasteiger partial charge in [0.1, 0.15) is 24.4 Å². The summed E-state index contributed by atoms with van der Waals surface area (Å²) in [5, 5.41) is 61.3. The Morgan fingerprint density at radius 2 is 1.59 bits per heavy atom. The molecule has 22 heavy (non-hydrogen) atoms. The zero-order valence-corrected chi connectivity index (χ0v) is 12.3. The molecule has 0 unspecified atom stereocenters. The maximum Gasteiger partial charge on any atom is 0.186 e. The predicted molar refractivity (Wildman–Crippen MR) is 72.7 cm³/mol. The maximum absolute atomic E-state index is 9.95. The molecule has 130 valence electrons. The number of ether oxygens (including phenoxy) is 2. The van der Waals surface area contributed by atoms with Gasteiger partial charge >= 0.3 is 0 Å². The molecule has 0 saturated carbocycles. The Morgan fingerprint density at radius 3 is 2.23 bits per heavy atom. The lowest BCUT2D eigenvalue weighted by molar-refractivity contribution is -0.291. The standard InChI is InChI=1S/C13H25NO8/c1-21-13-12(20)11(19)10(18)7(22-13)3-2-5-8(16)9(17)6(15)4-14-5/h5-20H,2-4H2,1H3/t5-,6-,7-,8-,9+,10-,11+,12+,13+/m1/s1. The average Bonchev–Trinajstić information content (AvgIpc) is 2.51. The van der Waals surface area contributed by atoms with Crippen LogP contribution in [-0.2, 0) is 9.47 Å². The van der Waals surface area contributed by atoms with Crippen molar-refractivity contribution in [1.82, 2.24) is 5.32 Å². The summed E-state index contributed by atoms with van der Waals surface area (Å²) in [6.07, 6.45) is -8.63. The van der Waals surface area contributed by atoms with E-state index in [1.807, 2.05) is 0 Å². The number of methoxy groups -OCH3 is 1. The van der Waals surface area contributed by atoms with E-state index >= 15 is 0 Å². The highest BCUT2D eigenvalue weighted by atomic mass is 16.7. The van der Waals surface area contributed by atoms with Crippen LogP contribution < -0.4 is 5.32 Å². The SMILES string of the molecule is CO[C@H]1O[C@H](CC[C@H]2NC[C@@H](O)[C@H](O)[C@@H]2O)[C@@H](O)[C@H](O)[C@@H]1O. The molecule has 7 N–H and O–H groups in total. The minimum atomic E-state index is -1.39. The summed E-state index contributed by atoms with van der Waals surface area (Å²) in [5.41, 5.74) is 0. The number of rotatable bonds is 4. The second-order valence-electron chi connectivity index (χ2n) is 5.89. The molecule has 0 bridgehead atoms. The lowest BCUT2D eigenvalue weighted by Crippen LogP contribution is -2.61. The van der Waals surface area contributed by atoms with Gasteiger partial charge in [-0.25, -0.2) is 0 Å². The summed E-state index contributed by atoms with van der Waals surface area (Å²) in [7, 11) is 1.32. The molecule has 9 heteroatoms. The molecule has 0 spiro atoms. The van der Waals surface area contributed by atoms with Crippen LogP contribution in [0.1, 0.15) is 12.8 Å². The fourth-order valence-corrected chi connectivity index (χ4v) is 2.95. The zero-order valence-electron chi connectivity index (χ0n) is 12.3. The van der Waals surface area contributed by atoms with Gasteiger partial charge in [0.05, 0.1) is 18.3 Å². The van der Waals surface area contributed by atoms with E-state index in [0.29, 0.717) is 6.42 Å². The van der Waals surface area contributed by atoms with Crippen LogP contribution in [0.25, 0.3) is 0 Å². The fourth-order valence-electron chi connectivity index (χ4n) is 2.95. The van der Waals surface area contributed by atoms with Crippen molar-refractivity contribution in [3.8, 4) is 0 Å². The van der Waals surface area contributed by atoms with Gasteiger partial charge in [-0.1, -0.05) is 0 Å². The normalized spacial score (nSPS) is 50.0. The molecule has 2 saturated heterocycles. The third-order valence-corrected chi connectivity index (χ3v) is 4.41. The molecule has 9 nitrogen and oxygen atoms in total. The molecule has 0 aliphatic carbocycles. The largest absolute Gasteiger partial charge is 0.389 e. The van der Waals surface area contributed by atoms with Crippen LogP contribution in [0, 0.1) is 0 Å². The fraction of sp³-hybridized carbons (Fsp3) is 1.00. The molecule has 0 aromatic carbocycles. The van der Waals surface area contributed by atoms with Crippen molar-refractivity contribution in [3.05, 3.63) is 0 Å². The van der Waals surface area contributed by atoms with E-state index in [1.165, 1.54) is 7.11 Å². The van der Waals surface area contributed by atoms with Gasteiger partial charge in [-0.3, -0.25) is 0 Å². The summed E-state index contributed by atoms with van der Waals surface area (Å²) in [4.78, 5) is 0. The average molecular weight is 323 g/mol. The van der Waals surface area contributed by atoms with E-state index in [0.717, 1.165) is 0 Å². The topological polar surface area (TPSA) is 152 Å². The van der Waals surface area contributed by atoms with Crippen LogP contribution in [0.2, 0.25) is 0 Å². The van der Waals surface area contributed by atoms with Crippen molar-refractivity contribution < 1.29 is 40.1 Å². The van der Waals surface area contributed by atoms with Gasteiger partial charge in [-0.05, 0) is 12.8 Å². The zero-order chi connectivity index (χ0) is 16.4. The molecule has 9 atom stereocenters. The second-order valence-corrected chi connectivity index (χ2v) is 5.89. The van der Waals surface area contributed by atoms with Gasteiger partial charge in [0.2, 0.25) is 0 Å². The molecule has 0 amide bonds. The van der Waals surface area contributed by atoms with Gasteiger partial charge in [-0.2, -0.15) is 0 Å². The summed E-state index contributed by atoms with van der Waals surface area (Å²) < 4.78 is 10.3. The van der Waals surface area contributed by atoms with Crippen LogP contribution in [0.4, 0.5) is 0 Å². The molecular formula is C13H25NO8. The Hall–Kier alpha value is -0.360. The van der Waals surface area contributed by atoms with Crippen molar-refractivity contribution in [2.24, 2.45) is 0 Å². The van der Waals surface area contributed by atoms with Crippen molar-refractivity contribution in [1.29, 1.82) is 0 Å². The molecule has 0 radical (unpaired) electrons. The van der Waals surface area contributed by atoms with E-state index in [2.05, 4.69) is 5.32 Å². The van der Waals surface area contributed by atoms with E-state index in [9.17, 15) is 30.6 Å². The lowest BCUT2D eigenvalue weighted by atomic mass is 9.89. The third kappa shape index (κ3) is 3.58. The van der Waals surface area contributed by atoms with Crippen molar-refractivity contribution >= 4 is 0 Å². The molecule has 0 aromatic heterocycles. The summed E-state index contributed by atoms with van der Waals surface area (Å²) in [5.74, 6) is 0. The van der Waals surface area contributed by atoms with E-state index in [1.54, 1.807) is 0 Å².